The monoisotopic (exact) mass is 284 g/mol. The van der Waals surface area contributed by atoms with Gasteiger partial charge in [0.15, 0.2) is 0 Å². The molecule has 78 valence electrons. The van der Waals surface area contributed by atoms with Gasteiger partial charge in [0.1, 0.15) is 11.0 Å². The number of rotatable bonds is 0. The summed E-state index contributed by atoms with van der Waals surface area (Å²) in [5, 5.41) is 2.89. The summed E-state index contributed by atoms with van der Waals surface area (Å²) < 4.78 is 6.72. The maximum Gasteiger partial charge on any atom is 0.144 e. The first-order valence-electron chi connectivity index (χ1n) is 4.64. The van der Waals surface area contributed by atoms with Gasteiger partial charge >= 0.3 is 0 Å². The zero-order valence-electron chi connectivity index (χ0n) is 8.47. The van der Waals surface area contributed by atoms with E-state index in [-0.39, 0.29) is 0 Å². The fourth-order valence-corrected chi connectivity index (χ4v) is 2.09. The molecule has 2 aromatic rings. The maximum absolute atomic E-state index is 5.91. The average Bonchev–Trinajstić information content (AvgIpc) is 2.55. The molecule has 0 N–H and O–H groups in total. The highest BCUT2D eigenvalue weighted by Crippen LogP contribution is 2.16. The molecule has 3 heteroatoms. The Bertz CT molecular complexity index is 621. The molecule has 0 aliphatic heterocycles. The first-order valence-corrected chi connectivity index (χ1v) is 5.81. The third kappa shape index (κ3) is 1.84. The van der Waals surface area contributed by atoms with Crippen LogP contribution in [0, 0.1) is 0 Å². The summed E-state index contributed by atoms with van der Waals surface area (Å²) in [4.78, 5) is 0. The fourth-order valence-electron chi connectivity index (χ4n) is 1.63. The molecule has 1 nitrogen and oxygen atoms in total. The van der Waals surface area contributed by atoms with Crippen molar-refractivity contribution in [1.82, 2.24) is 0 Å². The lowest BCUT2D eigenvalue weighted by Gasteiger charge is -1.88. The molecule has 0 unspecified atom stereocenters. The zero-order valence-corrected chi connectivity index (χ0v) is 10.8. The van der Waals surface area contributed by atoms with Gasteiger partial charge in [0.25, 0.3) is 0 Å². The summed E-state index contributed by atoms with van der Waals surface area (Å²) in [7, 11) is 0. The number of hydrogen-bond acceptors (Lipinski definition) is 1. The van der Waals surface area contributed by atoms with E-state index >= 15 is 0 Å². The largest absolute Gasteiger partial charge is 0.455 e. The van der Waals surface area contributed by atoms with Crippen molar-refractivity contribution in [3.05, 3.63) is 33.9 Å². The van der Waals surface area contributed by atoms with Gasteiger partial charge < -0.3 is 4.42 Å². The molecule has 0 amide bonds. The van der Waals surface area contributed by atoms with Crippen molar-refractivity contribution < 1.29 is 4.42 Å². The number of fused-ring (bicyclic) bond motifs is 1. The Balaban J connectivity index is 3.06. The van der Waals surface area contributed by atoms with Crippen molar-refractivity contribution >= 4 is 49.1 Å². The van der Waals surface area contributed by atoms with Gasteiger partial charge in [-0.15, -0.1) is 0 Å². The molecule has 1 aromatic carbocycles. The van der Waals surface area contributed by atoms with Crippen LogP contribution in [-0.2, 0) is 0 Å². The smallest absolute Gasteiger partial charge is 0.144 e. The number of furan rings is 1. The summed E-state index contributed by atoms with van der Waals surface area (Å²) in [6, 6.07) is 5.69. The molecule has 0 atom stereocenters. The van der Waals surface area contributed by atoms with E-state index in [2.05, 4.69) is 15.9 Å². The highest BCUT2D eigenvalue weighted by molar-refractivity contribution is 9.14. The minimum atomic E-state index is 0.692. The molecule has 0 bridgehead atoms. The number of benzene rings is 1. The molecular weight excluding hydrogens is 275 g/mol. The second kappa shape index (κ2) is 4.03. The standard InChI is InChI=1S/C12H10BrClO/c1-3-9-10-5-4-8(14)6-11(10)15-12(9)7(2)13/h3-6H,1-2H3/b9-3-,12-7-. The topological polar surface area (TPSA) is 13.1 Å². The molecule has 2 rings (SSSR count). The molecule has 1 heterocycles. The summed E-state index contributed by atoms with van der Waals surface area (Å²) >= 11 is 9.35. The molecule has 0 saturated heterocycles. The van der Waals surface area contributed by atoms with Crippen molar-refractivity contribution in [2.24, 2.45) is 0 Å². The third-order valence-electron chi connectivity index (χ3n) is 2.29. The summed E-state index contributed by atoms with van der Waals surface area (Å²) in [6.07, 6.45) is 2.04. The Morgan fingerprint density at radius 2 is 2.20 bits per heavy atom. The van der Waals surface area contributed by atoms with Gasteiger partial charge in [-0.1, -0.05) is 33.6 Å². The van der Waals surface area contributed by atoms with Crippen LogP contribution in [0.3, 0.4) is 0 Å². The lowest BCUT2D eigenvalue weighted by molar-refractivity contribution is 0.574. The first kappa shape index (κ1) is 10.8. The molecule has 0 radical (unpaired) electrons. The van der Waals surface area contributed by atoms with Gasteiger partial charge in [0, 0.05) is 26.2 Å². The second-order valence-electron chi connectivity index (χ2n) is 3.31. The quantitative estimate of drug-likeness (QED) is 0.723. The Kier molecular flexibility index (Phi) is 2.89. The van der Waals surface area contributed by atoms with Crippen LogP contribution in [0.5, 0.6) is 0 Å². The minimum absolute atomic E-state index is 0.692. The van der Waals surface area contributed by atoms with Gasteiger partial charge in [-0.05, 0) is 26.0 Å². The fraction of sp³-hybridized carbons (Fsp3) is 0.167. The van der Waals surface area contributed by atoms with E-state index in [0.29, 0.717) is 5.02 Å². The SMILES string of the molecule is C/C=c1\c(=C(/C)Br)oc2cc(Cl)ccc12. The van der Waals surface area contributed by atoms with Crippen LogP contribution in [0.15, 0.2) is 22.6 Å². The van der Waals surface area contributed by atoms with E-state index in [1.807, 2.05) is 38.1 Å². The molecular formula is C12H10BrClO. The molecule has 1 aromatic heterocycles. The summed E-state index contributed by atoms with van der Waals surface area (Å²) in [5.74, 6) is 0. The third-order valence-corrected chi connectivity index (χ3v) is 2.89. The van der Waals surface area contributed by atoms with E-state index in [1.54, 1.807) is 0 Å². The molecule has 0 aliphatic rings. The van der Waals surface area contributed by atoms with Gasteiger partial charge in [-0.2, -0.15) is 0 Å². The number of halogens is 2. The molecule has 0 fully saturated rings. The van der Waals surface area contributed by atoms with Crippen LogP contribution in [0.1, 0.15) is 13.8 Å². The molecule has 0 saturated carbocycles. The van der Waals surface area contributed by atoms with Gasteiger partial charge in [0.05, 0.1) is 0 Å². The Labute approximate surface area is 101 Å². The van der Waals surface area contributed by atoms with Crippen molar-refractivity contribution in [1.29, 1.82) is 0 Å². The zero-order chi connectivity index (χ0) is 11.0. The van der Waals surface area contributed by atoms with E-state index in [0.717, 1.165) is 26.1 Å². The summed E-state index contributed by atoms with van der Waals surface area (Å²) in [6.45, 7) is 3.96. The van der Waals surface area contributed by atoms with Crippen LogP contribution in [0.25, 0.3) is 21.5 Å². The van der Waals surface area contributed by atoms with Crippen molar-refractivity contribution in [3.63, 3.8) is 0 Å². The number of hydrogen-bond donors (Lipinski definition) is 0. The van der Waals surface area contributed by atoms with E-state index in [9.17, 15) is 0 Å². The average molecular weight is 286 g/mol. The predicted octanol–water partition coefficient (Wildman–Crippen LogP) is 3.41. The Morgan fingerprint density at radius 3 is 2.80 bits per heavy atom. The molecule has 0 aliphatic carbocycles. The molecule has 15 heavy (non-hydrogen) atoms. The minimum Gasteiger partial charge on any atom is -0.455 e. The lowest BCUT2D eigenvalue weighted by Crippen LogP contribution is -2.20. The lowest BCUT2D eigenvalue weighted by atomic mass is 10.2. The van der Waals surface area contributed by atoms with Crippen LogP contribution >= 0.6 is 27.5 Å². The van der Waals surface area contributed by atoms with Gasteiger partial charge in [-0.3, -0.25) is 0 Å². The van der Waals surface area contributed by atoms with Gasteiger partial charge in [-0.25, -0.2) is 0 Å². The van der Waals surface area contributed by atoms with Crippen molar-refractivity contribution in [3.8, 4) is 0 Å². The van der Waals surface area contributed by atoms with E-state index in [4.69, 9.17) is 16.0 Å². The van der Waals surface area contributed by atoms with Crippen LogP contribution in [-0.4, -0.2) is 0 Å². The Morgan fingerprint density at radius 1 is 1.47 bits per heavy atom. The highest BCUT2D eigenvalue weighted by Gasteiger charge is 2.04. The normalized spacial score (nSPS) is 14.8. The van der Waals surface area contributed by atoms with E-state index in [1.165, 1.54) is 0 Å². The first-order chi connectivity index (χ1) is 7.13. The van der Waals surface area contributed by atoms with E-state index < -0.39 is 0 Å². The van der Waals surface area contributed by atoms with Crippen molar-refractivity contribution in [2.45, 2.75) is 13.8 Å². The second-order valence-corrected chi connectivity index (χ2v) is 4.93. The Hall–Kier alpha value is -0.730. The van der Waals surface area contributed by atoms with Crippen molar-refractivity contribution in [2.75, 3.05) is 0 Å². The maximum atomic E-state index is 5.91. The summed E-state index contributed by atoms with van der Waals surface area (Å²) in [5.41, 5.74) is 1.69. The predicted molar refractivity (Wildman–Crippen MR) is 68.6 cm³/mol. The van der Waals surface area contributed by atoms with Crippen LogP contribution < -0.4 is 10.6 Å². The van der Waals surface area contributed by atoms with Crippen LogP contribution in [0.2, 0.25) is 5.02 Å². The van der Waals surface area contributed by atoms with Gasteiger partial charge in [0.2, 0.25) is 0 Å². The molecule has 0 spiro atoms. The highest BCUT2D eigenvalue weighted by atomic mass is 79.9. The van der Waals surface area contributed by atoms with Crippen LogP contribution in [0.4, 0.5) is 0 Å².